The van der Waals surface area contributed by atoms with Crippen molar-refractivity contribution in [3.8, 4) is 0 Å². The molecule has 0 aliphatic heterocycles. The Kier molecular flexibility index (Phi) is 5.64. The Hall–Kier alpha value is -1.89. The zero-order valence-electron chi connectivity index (χ0n) is 12.4. The monoisotopic (exact) mass is 387 g/mol. The Morgan fingerprint density at radius 1 is 1.04 bits per heavy atom. The van der Waals surface area contributed by atoms with Gasteiger partial charge in [-0.3, -0.25) is 4.79 Å². The highest BCUT2D eigenvalue weighted by Crippen LogP contribution is 2.26. The first-order chi connectivity index (χ1) is 11.2. The number of amides is 1. The van der Waals surface area contributed by atoms with E-state index in [0.717, 1.165) is 17.7 Å². The second-order valence-corrected chi connectivity index (χ2v) is 7.65. The third-order valence-electron chi connectivity index (χ3n) is 3.11. The average molecular weight is 388 g/mol. The number of hydrogen-bond acceptors (Lipinski definition) is 3. The van der Waals surface area contributed by atoms with Gasteiger partial charge in [-0.15, -0.1) is 0 Å². The van der Waals surface area contributed by atoms with E-state index in [1.165, 1.54) is 24.3 Å². The maximum Gasteiger partial charge on any atom is 0.256 e. The highest BCUT2D eigenvalue weighted by atomic mass is 35.5. The van der Waals surface area contributed by atoms with E-state index in [9.17, 15) is 17.6 Å². The molecule has 0 aliphatic rings. The zero-order chi connectivity index (χ0) is 17.9. The molecule has 1 N–H and O–H groups in total. The number of rotatable bonds is 4. The summed E-state index contributed by atoms with van der Waals surface area (Å²) in [5.41, 5.74) is 1.13. The molecule has 126 valence electrons. The third-order valence-corrected chi connectivity index (χ3v) is 5.46. The van der Waals surface area contributed by atoms with Crippen molar-refractivity contribution in [1.82, 2.24) is 5.32 Å². The summed E-state index contributed by atoms with van der Waals surface area (Å²) in [6.07, 6.45) is 0. The largest absolute Gasteiger partial charge is 0.310 e. The van der Waals surface area contributed by atoms with E-state index >= 15 is 0 Å². The molecule has 24 heavy (non-hydrogen) atoms. The molecule has 0 atom stereocenters. The summed E-state index contributed by atoms with van der Waals surface area (Å²) in [5, 5.41) is 1.36. The lowest BCUT2D eigenvalue weighted by molar-refractivity contribution is 0.0968. The van der Waals surface area contributed by atoms with Gasteiger partial charge in [0.2, 0.25) is 9.84 Å². The standard InChI is InChI=1S/C16H12Cl2FNO3S/c1-10-6-8-11(9-7-10)15(21)20-16(14(17)18)24(22,23)13-5-3-2-4-12(13)19/h2-9H,1H3,(H,20,21). The van der Waals surface area contributed by atoms with E-state index in [-0.39, 0.29) is 5.56 Å². The summed E-state index contributed by atoms with van der Waals surface area (Å²) in [6, 6.07) is 11.1. The van der Waals surface area contributed by atoms with Gasteiger partial charge in [-0.25, -0.2) is 12.8 Å². The van der Waals surface area contributed by atoms with Gasteiger partial charge in [0.25, 0.3) is 5.91 Å². The molecule has 0 aromatic heterocycles. The number of carbonyl (C=O) groups is 1. The molecule has 0 saturated heterocycles. The van der Waals surface area contributed by atoms with Gasteiger partial charge in [-0.1, -0.05) is 53.0 Å². The number of halogens is 3. The van der Waals surface area contributed by atoms with Crippen molar-refractivity contribution >= 4 is 38.9 Å². The van der Waals surface area contributed by atoms with Crippen molar-refractivity contribution in [1.29, 1.82) is 0 Å². The van der Waals surface area contributed by atoms with Gasteiger partial charge < -0.3 is 5.32 Å². The van der Waals surface area contributed by atoms with Crippen molar-refractivity contribution in [2.24, 2.45) is 0 Å². The minimum absolute atomic E-state index is 0.205. The minimum atomic E-state index is -4.43. The lowest BCUT2D eigenvalue weighted by atomic mass is 10.1. The number of benzene rings is 2. The summed E-state index contributed by atoms with van der Waals surface area (Å²) < 4.78 is 38.2. The second kappa shape index (κ2) is 7.34. The second-order valence-electron chi connectivity index (χ2n) is 4.84. The van der Waals surface area contributed by atoms with Crippen molar-refractivity contribution in [3.05, 3.63) is 75.0 Å². The van der Waals surface area contributed by atoms with Crippen LogP contribution in [0.25, 0.3) is 0 Å². The fourth-order valence-corrected chi connectivity index (χ4v) is 3.81. The van der Waals surface area contributed by atoms with Crippen LogP contribution in [0.3, 0.4) is 0 Å². The molecule has 1 amide bonds. The fraction of sp³-hybridized carbons (Fsp3) is 0.0625. The summed E-state index contributed by atoms with van der Waals surface area (Å²) in [7, 11) is -4.43. The van der Waals surface area contributed by atoms with Gasteiger partial charge in [0.15, 0.2) is 5.03 Å². The van der Waals surface area contributed by atoms with Crippen LogP contribution in [0, 0.1) is 12.7 Å². The fourth-order valence-electron chi connectivity index (χ4n) is 1.87. The van der Waals surface area contributed by atoms with Crippen LogP contribution >= 0.6 is 23.2 Å². The zero-order valence-corrected chi connectivity index (χ0v) is 14.7. The number of carbonyl (C=O) groups excluding carboxylic acids is 1. The van der Waals surface area contributed by atoms with Gasteiger partial charge in [0, 0.05) is 5.56 Å². The van der Waals surface area contributed by atoms with Crippen molar-refractivity contribution in [3.63, 3.8) is 0 Å². The molecule has 0 bridgehead atoms. The van der Waals surface area contributed by atoms with Crippen molar-refractivity contribution < 1.29 is 17.6 Å². The first-order valence-corrected chi connectivity index (χ1v) is 8.90. The molecule has 0 aliphatic carbocycles. The normalized spacial score (nSPS) is 11.0. The SMILES string of the molecule is Cc1ccc(C(=O)NC(=C(Cl)Cl)S(=O)(=O)c2ccccc2F)cc1. The summed E-state index contributed by atoms with van der Waals surface area (Å²) in [4.78, 5) is 11.6. The topological polar surface area (TPSA) is 63.2 Å². The first kappa shape index (κ1) is 18.4. The molecule has 0 unspecified atom stereocenters. The van der Waals surface area contributed by atoms with Crippen molar-refractivity contribution in [2.75, 3.05) is 0 Å². The van der Waals surface area contributed by atoms with Crippen LogP contribution in [-0.4, -0.2) is 14.3 Å². The predicted octanol–water partition coefficient (Wildman–Crippen LogP) is 3.94. The molecule has 2 rings (SSSR count). The number of sulfone groups is 1. The predicted molar refractivity (Wildman–Crippen MR) is 91.0 cm³/mol. The number of nitrogens with one attached hydrogen (secondary N) is 1. The highest BCUT2D eigenvalue weighted by molar-refractivity contribution is 7.95. The maximum atomic E-state index is 13.8. The van der Waals surface area contributed by atoms with Crippen LogP contribution < -0.4 is 5.32 Å². The lowest BCUT2D eigenvalue weighted by Gasteiger charge is -2.12. The first-order valence-electron chi connectivity index (χ1n) is 6.66. The minimum Gasteiger partial charge on any atom is -0.310 e. The van der Waals surface area contributed by atoms with E-state index < -0.39 is 36.0 Å². The molecule has 0 saturated carbocycles. The van der Waals surface area contributed by atoms with E-state index in [1.807, 2.05) is 6.92 Å². The molecular formula is C16H12Cl2FNO3S. The van der Waals surface area contributed by atoms with Crippen LogP contribution in [-0.2, 0) is 9.84 Å². The quantitative estimate of drug-likeness (QED) is 0.863. The summed E-state index contributed by atoms with van der Waals surface area (Å²) in [6.45, 7) is 1.84. The molecular weight excluding hydrogens is 376 g/mol. The van der Waals surface area contributed by atoms with E-state index in [1.54, 1.807) is 12.1 Å². The maximum absolute atomic E-state index is 13.8. The molecule has 2 aromatic rings. The van der Waals surface area contributed by atoms with Crippen LogP contribution in [0.2, 0.25) is 0 Å². The average Bonchev–Trinajstić information content (AvgIpc) is 2.52. The number of aryl methyl sites for hydroxylation is 1. The highest BCUT2D eigenvalue weighted by Gasteiger charge is 2.28. The van der Waals surface area contributed by atoms with Gasteiger partial charge >= 0.3 is 0 Å². The molecule has 0 fully saturated rings. The molecule has 2 aromatic carbocycles. The van der Waals surface area contributed by atoms with Crippen LogP contribution in [0.15, 0.2) is 62.9 Å². The summed E-state index contributed by atoms with van der Waals surface area (Å²) in [5.74, 6) is -1.71. The molecule has 0 radical (unpaired) electrons. The van der Waals surface area contributed by atoms with Crippen LogP contribution in [0.1, 0.15) is 15.9 Å². The van der Waals surface area contributed by atoms with E-state index in [2.05, 4.69) is 5.32 Å². The Morgan fingerprint density at radius 3 is 2.17 bits per heavy atom. The molecule has 0 heterocycles. The Morgan fingerprint density at radius 2 is 1.62 bits per heavy atom. The van der Waals surface area contributed by atoms with Gasteiger partial charge in [0.05, 0.1) is 0 Å². The third kappa shape index (κ3) is 3.95. The summed E-state index contributed by atoms with van der Waals surface area (Å²) >= 11 is 11.2. The molecule has 8 heteroatoms. The van der Waals surface area contributed by atoms with Gasteiger partial charge in [-0.05, 0) is 31.2 Å². The van der Waals surface area contributed by atoms with Gasteiger partial charge in [0.1, 0.15) is 15.2 Å². The number of hydrogen-bond donors (Lipinski definition) is 1. The Labute approximate surface area is 148 Å². The lowest BCUT2D eigenvalue weighted by Crippen LogP contribution is -2.28. The van der Waals surface area contributed by atoms with E-state index in [4.69, 9.17) is 23.2 Å². The Balaban J connectivity index is 2.41. The van der Waals surface area contributed by atoms with Gasteiger partial charge in [-0.2, -0.15) is 0 Å². The molecule has 0 spiro atoms. The van der Waals surface area contributed by atoms with Crippen LogP contribution in [0.5, 0.6) is 0 Å². The van der Waals surface area contributed by atoms with E-state index in [0.29, 0.717) is 0 Å². The van der Waals surface area contributed by atoms with Crippen molar-refractivity contribution in [2.45, 2.75) is 11.8 Å². The van der Waals surface area contributed by atoms with Crippen LogP contribution in [0.4, 0.5) is 4.39 Å². The molecule has 4 nitrogen and oxygen atoms in total. The Bertz CT molecular complexity index is 905. The smallest absolute Gasteiger partial charge is 0.256 e.